The Kier molecular flexibility index (Phi) is 5.20. The lowest BCUT2D eigenvalue weighted by molar-refractivity contribution is 0.0933. The van der Waals surface area contributed by atoms with Gasteiger partial charge in [-0.15, -0.1) is 0 Å². The summed E-state index contributed by atoms with van der Waals surface area (Å²) in [7, 11) is 0. The number of nitrogens with one attached hydrogen (secondary N) is 1. The van der Waals surface area contributed by atoms with Crippen molar-refractivity contribution in [1.29, 1.82) is 0 Å². The molecule has 0 aliphatic rings. The van der Waals surface area contributed by atoms with Gasteiger partial charge in [0.2, 0.25) is 0 Å². The monoisotopic (exact) mass is 233 g/mol. The van der Waals surface area contributed by atoms with E-state index in [0.717, 1.165) is 24.8 Å². The number of carbonyl (C=O) groups is 1. The Balaban J connectivity index is 2.72. The van der Waals surface area contributed by atoms with Crippen LogP contribution in [0, 0.1) is 13.8 Å². The number of hydrogen-bond donors (Lipinski definition) is 1. The highest BCUT2D eigenvalue weighted by molar-refractivity contribution is 5.94. The van der Waals surface area contributed by atoms with Crippen LogP contribution in [0.15, 0.2) is 18.2 Å². The molecule has 0 heterocycles. The molecule has 0 radical (unpaired) electrons. The zero-order chi connectivity index (χ0) is 12.8. The lowest BCUT2D eigenvalue weighted by Gasteiger charge is -2.16. The topological polar surface area (TPSA) is 29.1 Å². The predicted octanol–water partition coefficient (Wildman–Crippen LogP) is 3.61. The third kappa shape index (κ3) is 3.88. The molecule has 1 N–H and O–H groups in total. The van der Waals surface area contributed by atoms with E-state index in [-0.39, 0.29) is 5.91 Å². The standard InChI is InChI=1S/C15H23NO/c1-5-7-14(6-2)16-15(17)13-9-8-11(3)12(4)10-13/h8-10,14H,5-7H2,1-4H3,(H,16,17). The fourth-order valence-electron chi connectivity index (χ4n) is 1.88. The van der Waals surface area contributed by atoms with Gasteiger partial charge in [-0.2, -0.15) is 0 Å². The van der Waals surface area contributed by atoms with E-state index in [0.29, 0.717) is 6.04 Å². The highest BCUT2D eigenvalue weighted by atomic mass is 16.1. The Bertz CT molecular complexity index is 385. The molecule has 0 aliphatic heterocycles. The molecule has 1 unspecified atom stereocenters. The van der Waals surface area contributed by atoms with Crippen molar-refractivity contribution in [3.05, 3.63) is 34.9 Å². The summed E-state index contributed by atoms with van der Waals surface area (Å²) >= 11 is 0. The number of carbonyl (C=O) groups excluding carboxylic acids is 1. The molecule has 0 aliphatic carbocycles. The van der Waals surface area contributed by atoms with Crippen molar-refractivity contribution in [3.63, 3.8) is 0 Å². The quantitative estimate of drug-likeness (QED) is 0.827. The molecule has 1 amide bonds. The maximum Gasteiger partial charge on any atom is 0.251 e. The second-order valence-corrected chi connectivity index (χ2v) is 4.67. The summed E-state index contributed by atoms with van der Waals surface area (Å²) in [5.74, 6) is 0.0494. The Morgan fingerprint density at radius 3 is 2.47 bits per heavy atom. The van der Waals surface area contributed by atoms with Gasteiger partial charge in [-0.3, -0.25) is 4.79 Å². The average molecular weight is 233 g/mol. The number of hydrogen-bond acceptors (Lipinski definition) is 1. The maximum atomic E-state index is 12.0. The summed E-state index contributed by atoms with van der Waals surface area (Å²) in [6.45, 7) is 8.35. The Hall–Kier alpha value is -1.31. The molecule has 2 nitrogen and oxygen atoms in total. The maximum absolute atomic E-state index is 12.0. The largest absolute Gasteiger partial charge is 0.349 e. The summed E-state index contributed by atoms with van der Waals surface area (Å²) in [4.78, 5) is 12.0. The first kappa shape index (κ1) is 13.8. The first-order valence-corrected chi connectivity index (χ1v) is 6.46. The van der Waals surface area contributed by atoms with Crippen LogP contribution in [-0.4, -0.2) is 11.9 Å². The second kappa shape index (κ2) is 6.43. The summed E-state index contributed by atoms with van der Waals surface area (Å²) in [5, 5.41) is 3.09. The van der Waals surface area contributed by atoms with Crippen LogP contribution in [0.1, 0.15) is 54.6 Å². The van der Waals surface area contributed by atoms with E-state index in [1.807, 2.05) is 25.1 Å². The minimum Gasteiger partial charge on any atom is -0.349 e. The lowest BCUT2D eigenvalue weighted by atomic mass is 10.0. The van der Waals surface area contributed by atoms with E-state index in [9.17, 15) is 4.79 Å². The van der Waals surface area contributed by atoms with Gasteiger partial charge in [-0.1, -0.05) is 26.3 Å². The first-order chi connectivity index (χ1) is 8.08. The summed E-state index contributed by atoms with van der Waals surface area (Å²) in [6, 6.07) is 6.17. The van der Waals surface area contributed by atoms with Crippen LogP contribution >= 0.6 is 0 Å². The molecule has 0 spiro atoms. The first-order valence-electron chi connectivity index (χ1n) is 6.46. The van der Waals surface area contributed by atoms with Crippen molar-refractivity contribution in [2.75, 3.05) is 0 Å². The molecule has 1 aromatic carbocycles. The van der Waals surface area contributed by atoms with Gasteiger partial charge in [-0.05, 0) is 49.9 Å². The molecule has 1 atom stereocenters. The Morgan fingerprint density at radius 1 is 1.24 bits per heavy atom. The van der Waals surface area contributed by atoms with Gasteiger partial charge in [0.15, 0.2) is 0 Å². The molecule has 0 bridgehead atoms. The van der Waals surface area contributed by atoms with E-state index < -0.39 is 0 Å². The number of rotatable bonds is 5. The van der Waals surface area contributed by atoms with Crippen LogP contribution in [0.4, 0.5) is 0 Å². The zero-order valence-corrected chi connectivity index (χ0v) is 11.3. The molecule has 0 aromatic heterocycles. The third-order valence-electron chi connectivity index (χ3n) is 3.23. The molecule has 1 rings (SSSR count). The van der Waals surface area contributed by atoms with E-state index in [4.69, 9.17) is 0 Å². The predicted molar refractivity (Wildman–Crippen MR) is 72.4 cm³/mol. The minimum atomic E-state index is 0.0494. The van der Waals surface area contributed by atoms with E-state index >= 15 is 0 Å². The van der Waals surface area contributed by atoms with Crippen molar-refractivity contribution >= 4 is 5.91 Å². The molecule has 17 heavy (non-hydrogen) atoms. The van der Waals surface area contributed by atoms with Gasteiger partial charge in [-0.25, -0.2) is 0 Å². The Morgan fingerprint density at radius 2 is 1.94 bits per heavy atom. The highest BCUT2D eigenvalue weighted by Crippen LogP contribution is 2.10. The molecular formula is C15H23NO. The van der Waals surface area contributed by atoms with Crippen molar-refractivity contribution < 1.29 is 4.79 Å². The number of amides is 1. The number of aryl methyl sites for hydroxylation is 2. The fraction of sp³-hybridized carbons (Fsp3) is 0.533. The van der Waals surface area contributed by atoms with Crippen LogP contribution in [0.25, 0.3) is 0 Å². The molecule has 1 aromatic rings. The normalized spacial score (nSPS) is 12.2. The van der Waals surface area contributed by atoms with Gasteiger partial charge >= 0.3 is 0 Å². The molecule has 0 saturated carbocycles. The molecule has 2 heteroatoms. The van der Waals surface area contributed by atoms with E-state index in [1.54, 1.807) is 0 Å². The van der Waals surface area contributed by atoms with Crippen molar-refractivity contribution in [2.45, 2.75) is 53.0 Å². The van der Waals surface area contributed by atoms with Gasteiger partial charge in [0, 0.05) is 11.6 Å². The molecule has 94 valence electrons. The lowest BCUT2D eigenvalue weighted by Crippen LogP contribution is -2.34. The summed E-state index contributed by atoms with van der Waals surface area (Å²) < 4.78 is 0. The minimum absolute atomic E-state index is 0.0494. The van der Waals surface area contributed by atoms with Gasteiger partial charge in [0.1, 0.15) is 0 Å². The van der Waals surface area contributed by atoms with Gasteiger partial charge in [0.05, 0.1) is 0 Å². The van der Waals surface area contributed by atoms with E-state index in [2.05, 4.69) is 26.1 Å². The van der Waals surface area contributed by atoms with Crippen LogP contribution in [0.3, 0.4) is 0 Å². The second-order valence-electron chi connectivity index (χ2n) is 4.67. The molecular weight excluding hydrogens is 210 g/mol. The van der Waals surface area contributed by atoms with Crippen molar-refractivity contribution in [1.82, 2.24) is 5.32 Å². The van der Waals surface area contributed by atoms with Crippen molar-refractivity contribution in [2.24, 2.45) is 0 Å². The summed E-state index contributed by atoms with van der Waals surface area (Å²) in [5.41, 5.74) is 3.16. The SMILES string of the molecule is CCCC(CC)NC(=O)c1ccc(C)c(C)c1. The van der Waals surface area contributed by atoms with Crippen LogP contribution in [0.2, 0.25) is 0 Å². The van der Waals surface area contributed by atoms with E-state index in [1.165, 1.54) is 11.1 Å². The summed E-state index contributed by atoms with van der Waals surface area (Å²) in [6.07, 6.45) is 3.14. The van der Waals surface area contributed by atoms with Crippen LogP contribution in [-0.2, 0) is 0 Å². The smallest absolute Gasteiger partial charge is 0.251 e. The van der Waals surface area contributed by atoms with Crippen LogP contribution in [0.5, 0.6) is 0 Å². The fourth-order valence-corrected chi connectivity index (χ4v) is 1.88. The van der Waals surface area contributed by atoms with Gasteiger partial charge < -0.3 is 5.32 Å². The highest BCUT2D eigenvalue weighted by Gasteiger charge is 2.11. The van der Waals surface area contributed by atoms with Crippen molar-refractivity contribution in [3.8, 4) is 0 Å². The molecule has 0 fully saturated rings. The molecule has 0 saturated heterocycles. The zero-order valence-electron chi connectivity index (χ0n) is 11.3. The van der Waals surface area contributed by atoms with Gasteiger partial charge in [0.25, 0.3) is 5.91 Å². The third-order valence-corrected chi connectivity index (χ3v) is 3.23. The number of benzene rings is 1. The average Bonchev–Trinajstić information content (AvgIpc) is 2.31. The van der Waals surface area contributed by atoms with Crippen LogP contribution < -0.4 is 5.32 Å². The Labute approximate surface area is 104 Å².